The lowest BCUT2D eigenvalue weighted by Crippen LogP contribution is -2.48. The number of aliphatic hydroxyl groups is 1. The molecule has 2 heterocycles. The molecule has 2 rings (SSSR count). The zero-order valence-corrected chi connectivity index (χ0v) is 11.2. The Kier molecular flexibility index (Phi) is 4.66. The van der Waals surface area contributed by atoms with Gasteiger partial charge in [0, 0.05) is 12.5 Å². The summed E-state index contributed by atoms with van der Waals surface area (Å²) in [5.74, 6) is -0.260. The quantitative estimate of drug-likeness (QED) is 0.724. The van der Waals surface area contributed by atoms with Crippen LogP contribution in [0.4, 0.5) is 0 Å². The third kappa shape index (κ3) is 3.61. The van der Waals surface area contributed by atoms with Crippen molar-refractivity contribution >= 4 is 18.0 Å². The molecule has 0 aromatic rings. The highest BCUT2D eigenvalue weighted by atomic mass is 16.3. The van der Waals surface area contributed by atoms with Crippen LogP contribution in [0.3, 0.4) is 0 Å². The first-order chi connectivity index (χ1) is 9.08. The van der Waals surface area contributed by atoms with Gasteiger partial charge >= 0.3 is 0 Å². The fourth-order valence-corrected chi connectivity index (χ4v) is 2.48. The maximum Gasteiger partial charge on any atom is 0.232 e. The van der Waals surface area contributed by atoms with Crippen LogP contribution in [0.2, 0.25) is 0 Å². The van der Waals surface area contributed by atoms with Crippen LogP contribution < -0.4 is 5.32 Å². The van der Waals surface area contributed by atoms with Crippen LogP contribution in [0.5, 0.6) is 0 Å². The van der Waals surface area contributed by atoms with Crippen LogP contribution >= 0.6 is 0 Å². The number of carbonyl (C=O) groups is 2. The summed E-state index contributed by atoms with van der Waals surface area (Å²) in [5.41, 5.74) is 0. The molecule has 0 aliphatic carbocycles. The number of hydrogen-bond donors (Lipinski definition) is 2. The number of carbonyl (C=O) groups excluding carboxylic acids is 2. The molecule has 106 valence electrons. The van der Waals surface area contributed by atoms with E-state index in [0.29, 0.717) is 6.54 Å². The molecule has 3 unspecified atom stereocenters. The van der Waals surface area contributed by atoms with Crippen LogP contribution in [0.1, 0.15) is 26.2 Å². The third-order valence-corrected chi connectivity index (χ3v) is 3.65. The summed E-state index contributed by atoms with van der Waals surface area (Å²) < 4.78 is 0. The van der Waals surface area contributed by atoms with E-state index in [0.717, 1.165) is 19.4 Å². The molecule has 0 aromatic heterocycles. The van der Waals surface area contributed by atoms with E-state index in [1.54, 1.807) is 0 Å². The molecule has 1 amide bonds. The van der Waals surface area contributed by atoms with Gasteiger partial charge in [0.05, 0.1) is 31.4 Å². The van der Waals surface area contributed by atoms with Crippen molar-refractivity contribution in [1.29, 1.82) is 0 Å². The number of nitrogens with zero attached hydrogens (tertiary/aromatic N) is 2. The molecule has 2 aliphatic rings. The largest absolute Gasteiger partial charge is 0.391 e. The standard InChI is InChI=1S/C13H21N3O3/c1-9-6-14-8-16(13(9)19)7-10(17)5-11-12(18)3-2-4-15-11/h8-9,11-12,15,18H,2-7H2,1H3. The molecule has 0 bridgehead atoms. The lowest BCUT2D eigenvalue weighted by Gasteiger charge is -2.29. The normalized spacial score (nSPS) is 31.6. The van der Waals surface area contributed by atoms with Gasteiger partial charge in [0.25, 0.3) is 0 Å². The maximum atomic E-state index is 12.0. The molecule has 3 atom stereocenters. The Morgan fingerprint density at radius 2 is 2.42 bits per heavy atom. The SMILES string of the molecule is CC1CN=CN(CC(=O)CC2NCCCC2O)C1=O. The minimum atomic E-state index is -0.470. The van der Waals surface area contributed by atoms with Crippen molar-refractivity contribution in [2.75, 3.05) is 19.6 Å². The highest BCUT2D eigenvalue weighted by Gasteiger charge is 2.28. The van der Waals surface area contributed by atoms with Gasteiger partial charge in [-0.15, -0.1) is 0 Å². The lowest BCUT2D eigenvalue weighted by molar-refractivity contribution is -0.134. The molecule has 6 heteroatoms. The molecule has 1 saturated heterocycles. The van der Waals surface area contributed by atoms with Gasteiger partial charge in [-0.1, -0.05) is 6.92 Å². The summed E-state index contributed by atoms with van der Waals surface area (Å²) in [6, 6.07) is -0.185. The molecule has 19 heavy (non-hydrogen) atoms. The zero-order valence-electron chi connectivity index (χ0n) is 11.2. The van der Waals surface area contributed by atoms with Gasteiger partial charge in [0.2, 0.25) is 5.91 Å². The average molecular weight is 267 g/mol. The van der Waals surface area contributed by atoms with Crippen molar-refractivity contribution in [3.63, 3.8) is 0 Å². The number of aliphatic hydroxyl groups excluding tert-OH is 1. The fourth-order valence-electron chi connectivity index (χ4n) is 2.48. The second-order valence-electron chi connectivity index (χ2n) is 5.36. The summed E-state index contributed by atoms with van der Waals surface area (Å²) in [6.07, 6.45) is 2.90. The molecular weight excluding hydrogens is 246 g/mol. The van der Waals surface area contributed by atoms with E-state index in [4.69, 9.17) is 0 Å². The van der Waals surface area contributed by atoms with Crippen molar-refractivity contribution < 1.29 is 14.7 Å². The number of nitrogens with one attached hydrogen (secondary N) is 1. The van der Waals surface area contributed by atoms with Gasteiger partial charge in [0.15, 0.2) is 5.78 Å². The molecular formula is C13H21N3O3. The monoisotopic (exact) mass is 267 g/mol. The number of ketones is 1. The van der Waals surface area contributed by atoms with E-state index in [2.05, 4.69) is 10.3 Å². The van der Waals surface area contributed by atoms with E-state index in [-0.39, 0.29) is 36.6 Å². The van der Waals surface area contributed by atoms with Gasteiger partial charge in [-0.3, -0.25) is 19.5 Å². The van der Waals surface area contributed by atoms with E-state index >= 15 is 0 Å². The Morgan fingerprint density at radius 1 is 1.63 bits per heavy atom. The highest BCUT2D eigenvalue weighted by molar-refractivity contribution is 5.96. The highest BCUT2D eigenvalue weighted by Crippen LogP contribution is 2.13. The smallest absolute Gasteiger partial charge is 0.232 e. The van der Waals surface area contributed by atoms with Crippen LogP contribution in [-0.2, 0) is 9.59 Å². The molecule has 2 aliphatic heterocycles. The summed E-state index contributed by atoms with van der Waals surface area (Å²) >= 11 is 0. The Labute approximate surface area is 112 Å². The zero-order chi connectivity index (χ0) is 13.8. The Bertz CT molecular complexity index is 383. The first-order valence-electron chi connectivity index (χ1n) is 6.81. The minimum Gasteiger partial charge on any atom is -0.391 e. The molecule has 0 saturated carbocycles. The molecule has 2 N–H and O–H groups in total. The van der Waals surface area contributed by atoms with Crippen molar-refractivity contribution in [2.45, 2.75) is 38.3 Å². The Balaban J connectivity index is 1.85. The van der Waals surface area contributed by atoms with Crippen molar-refractivity contribution in [2.24, 2.45) is 10.9 Å². The van der Waals surface area contributed by atoms with Crippen molar-refractivity contribution in [3.8, 4) is 0 Å². The van der Waals surface area contributed by atoms with E-state index in [9.17, 15) is 14.7 Å². The van der Waals surface area contributed by atoms with Gasteiger partial charge in [-0.05, 0) is 19.4 Å². The van der Waals surface area contributed by atoms with Crippen molar-refractivity contribution in [3.05, 3.63) is 0 Å². The molecule has 1 fully saturated rings. The Morgan fingerprint density at radius 3 is 3.16 bits per heavy atom. The fraction of sp³-hybridized carbons (Fsp3) is 0.769. The van der Waals surface area contributed by atoms with Crippen LogP contribution in [0.15, 0.2) is 4.99 Å². The van der Waals surface area contributed by atoms with Gasteiger partial charge in [-0.2, -0.15) is 0 Å². The van der Waals surface area contributed by atoms with E-state index in [1.165, 1.54) is 11.2 Å². The Hall–Kier alpha value is -1.27. The number of piperidine rings is 1. The third-order valence-electron chi connectivity index (χ3n) is 3.65. The second kappa shape index (κ2) is 6.25. The lowest BCUT2D eigenvalue weighted by atomic mass is 9.96. The molecule has 0 aromatic carbocycles. The minimum absolute atomic E-state index is 0.0488. The number of aliphatic imine (C=N–C) groups is 1. The van der Waals surface area contributed by atoms with E-state index in [1.807, 2.05) is 6.92 Å². The number of Topliss-reactive ketones (excluding diaryl/α,β-unsaturated/α-hetero) is 1. The predicted octanol–water partition coefficient (Wildman–Crippen LogP) is -0.435. The van der Waals surface area contributed by atoms with Gasteiger partial charge in [-0.25, -0.2) is 0 Å². The first-order valence-corrected chi connectivity index (χ1v) is 6.81. The summed E-state index contributed by atoms with van der Waals surface area (Å²) in [7, 11) is 0. The van der Waals surface area contributed by atoms with Crippen LogP contribution in [-0.4, -0.2) is 59.8 Å². The first kappa shape index (κ1) is 14.1. The van der Waals surface area contributed by atoms with E-state index < -0.39 is 6.10 Å². The molecule has 0 radical (unpaired) electrons. The van der Waals surface area contributed by atoms with Crippen molar-refractivity contribution in [1.82, 2.24) is 10.2 Å². The molecule has 0 spiro atoms. The van der Waals surface area contributed by atoms with Gasteiger partial charge < -0.3 is 10.4 Å². The van der Waals surface area contributed by atoms with Crippen LogP contribution in [0.25, 0.3) is 0 Å². The topological polar surface area (TPSA) is 82.0 Å². The maximum absolute atomic E-state index is 12.0. The second-order valence-corrected chi connectivity index (χ2v) is 5.36. The number of amides is 1. The summed E-state index contributed by atoms with van der Waals surface area (Å²) in [4.78, 5) is 29.3. The van der Waals surface area contributed by atoms with Gasteiger partial charge in [0.1, 0.15) is 0 Å². The molecule has 6 nitrogen and oxygen atoms in total. The number of rotatable bonds is 4. The number of hydrogen-bond acceptors (Lipinski definition) is 5. The predicted molar refractivity (Wildman–Crippen MR) is 70.9 cm³/mol. The van der Waals surface area contributed by atoms with Crippen LogP contribution in [0, 0.1) is 5.92 Å². The summed E-state index contributed by atoms with van der Waals surface area (Å²) in [5, 5.41) is 12.9. The summed E-state index contributed by atoms with van der Waals surface area (Å²) in [6.45, 7) is 3.18. The average Bonchev–Trinajstić information content (AvgIpc) is 2.38.